The zero-order valence-corrected chi connectivity index (χ0v) is 16.1. The second-order valence-corrected chi connectivity index (χ2v) is 8.05. The Morgan fingerprint density at radius 2 is 2.04 bits per heavy atom. The molecule has 130 valence electrons. The molecular weight excluding hydrogens is 400 g/mol. The molecule has 1 saturated carbocycles. The molecule has 0 amide bonds. The molecule has 0 atom stereocenters. The first-order valence-corrected chi connectivity index (χ1v) is 10.1. The summed E-state index contributed by atoms with van der Waals surface area (Å²) in [6, 6.07) is 8.33. The van der Waals surface area contributed by atoms with Crippen LogP contribution < -0.4 is 15.6 Å². The Labute approximate surface area is 158 Å². The molecule has 3 aromatic rings. The first-order valence-electron chi connectivity index (χ1n) is 8.47. The number of rotatable bonds is 5. The second-order valence-electron chi connectivity index (χ2n) is 6.16. The van der Waals surface area contributed by atoms with Crippen LogP contribution in [0.2, 0.25) is 0 Å². The molecule has 1 aliphatic carbocycles. The van der Waals surface area contributed by atoms with Crippen molar-refractivity contribution in [1.82, 2.24) is 15.4 Å². The predicted molar refractivity (Wildman–Crippen MR) is 105 cm³/mol. The van der Waals surface area contributed by atoms with Gasteiger partial charge in [-0.05, 0) is 40.9 Å². The third-order valence-electron chi connectivity index (χ3n) is 4.31. The van der Waals surface area contributed by atoms with Crippen molar-refractivity contribution in [3.63, 3.8) is 0 Å². The van der Waals surface area contributed by atoms with Crippen molar-refractivity contribution in [2.45, 2.75) is 38.1 Å². The number of fused-ring (bicyclic) bond motifs is 1. The van der Waals surface area contributed by atoms with E-state index in [0.29, 0.717) is 6.04 Å². The van der Waals surface area contributed by atoms with Crippen molar-refractivity contribution in [1.29, 1.82) is 0 Å². The zero-order valence-electron chi connectivity index (χ0n) is 13.7. The molecule has 5 nitrogen and oxygen atoms in total. The number of nitrogens with zero attached hydrogens (tertiary/aromatic N) is 2. The van der Waals surface area contributed by atoms with Crippen LogP contribution in [0, 0.1) is 0 Å². The lowest BCUT2D eigenvalue weighted by Crippen LogP contribution is -2.35. The van der Waals surface area contributed by atoms with Gasteiger partial charge < -0.3 is 4.74 Å². The van der Waals surface area contributed by atoms with Gasteiger partial charge in [-0.1, -0.05) is 30.6 Å². The van der Waals surface area contributed by atoms with Crippen molar-refractivity contribution in [3.05, 3.63) is 41.1 Å². The number of aromatic nitrogens is 2. The Kier molecular flexibility index (Phi) is 5.14. The molecule has 2 heterocycles. The Bertz CT molecular complexity index is 863. The molecule has 0 radical (unpaired) electrons. The molecule has 1 aromatic carbocycles. The van der Waals surface area contributed by atoms with Gasteiger partial charge >= 0.3 is 0 Å². The normalized spacial score (nSPS) is 15.4. The van der Waals surface area contributed by atoms with Gasteiger partial charge in [-0.2, -0.15) is 0 Å². The Morgan fingerprint density at radius 1 is 1.16 bits per heavy atom. The van der Waals surface area contributed by atoms with Crippen LogP contribution in [0.1, 0.15) is 32.1 Å². The van der Waals surface area contributed by atoms with Crippen LogP contribution >= 0.6 is 27.3 Å². The lowest BCUT2D eigenvalue weighted by atomic mass is 9.96. The highest BCUT2D eigenvalue weighted by molar-refractivity contribution is 9.10. The van der Waals surface area contributed by atoms with Gasteiger partial charge in [0.1, 0.15) is 11.5 Å². The van der Waals surface area contributed by atoms with Crippen LogP contribution in [0.5, 0.6) is 11.5 Å². The van der Waals surface area contributed by atoms with Gasteiger partial charge in [-0.3, -0.25) is 10.4 Å². The van der Waals surface area contributed by atoms with E-state index in [1.807, 2.05) is 24.3 Å². The number of ether oxygens (including phenoxy) is 1. The van der Waals surface area contributed by atoms with Crippen LogP contribution in [-0.2, 0) is 0 Å². The van der Waals surface area contributed by atoms with Gasteiger partial charge in [0, 0.05) is 30.6 Å². The minimum absolute atomic E-state index is 0.545. The highest BCUT2D eigenvalue weighted by atomic mass is 79.9. The summed E-state index contributed by atoms with van der Waals surface area (Å²) in [5.41, 5.74) is 7.67. The summed E-state index contributed by atoms with van der Waals surface area (Å²) in [4.78, 5) is 8.68. The first-order chi connectivity index (χ1) is 12.3. The molecule has 7 heteroatoms. The molecular formula is C18H19BrN4OS. The smallest absolute Gasteiger partial charge is 0.198 e. The predicted octanol–water partition coefficient (Wildman–Crippen LogP) is 5.50. The number of hydrazine groups is 1. The van der Waals surface area contributed by atoms with E-state index in [1.165, 1.54) is 32.1 Å². The number of anilines is 1. The molecule has 1 fully saturated rings. The Morgan fingerprint density at radius 3 is 2.88 bits per heavy atom. The van der Waals surface area contributed by atoms with Gasteiger partial charge in [0.2, 0.25) is 0 Å². The SMILES string of the molecule is Brc1cnccc1Oc1ccc2nc(NNC3CCCCC3)sc2c1. The second kappa shape index (κ2) is 7.68. The van der Waals surface area contributed by atoms with Crippen LogP contribution in [-0.4, -0.2) is 16.0 Å². The molecule has 25 heavy (non-hydrogen) atoms. The van der Waals surface area contributed by atoms with Crippen LogP contribution in [0.15, 0.2) is 41.1 Å². The molecule has 2 N–H and O–H groups in total. The van der Waals surface area contributed by atoms with E-state index in [9.17, 15) is 0 Å². The maximum absolute atomic E-state index is 5.94. The number of halogens is 1. The largest absolute Gasteiger partial charge is 0.456 e. The van der Waals surface area contributed by atoms with E-state index in [0.717, 1.165) is 31.3 Å². The summed E-state index contributed by atoms with van der Waals surface area (Å²) >= 11 is 5.08. The monoisotopic (exact) mass is 418 g/mol. The topological polar surface area (TPSA) is 59.1 Å². The summed E-state index contributed by atoms with van der Waals surface area (Å²) in [6.45, 7) is 0. The molecule has 1 aliphatic rings. The van der Waals surface area contributed by atoms with Crippen LogP contribution in [0.4, 0.5) is 5.13 Å². The lowest BCUT2D eigenvalue weighted by molar-refractivity contribution is 0.393. The molecule has 0 unspecified atom stereocenters. The van der Waals surface area contributed by atoms with Crippen LogP contribution in [0.3, 0.4) is 0 Å². The van der Waals surface area contributed by atoms with E-state index in [1.54, 1.807) is 23.7 Å². The van der Waals surface area contributed by atoms with E-state index >= 15 is 0 Å². The summed E-state index contributed by atoms with van der Waals surface area (Å²) in [5.74, 6) is 1.53. The quantitative estimate of drug-likeness (QED) is 0.535. The third kappa shape index (κ3) is 4.11. The fourth-order valence-corrected chi connectivity index (χ4v) is 4.19. The van der Waals surface area contributed by atoms with Gasteiger partial charge in [0.05, 0.1) is 14.7 Å². The van der Waals surface area contributed by atoms with Gasteiger partial charge in [-0.25, -0.2) is 10.4 Å². The van der Waals surface area contributed by atoms with Crippen molar-refractivity contribution in [2.24, 2.45) is 0 Å². The number of benzene rings is 1. The molecule has 0 saturated heterocycles. The minimum atomic E-state index is 0.545. The number of hydrogen-bond acceptors (Lipinski definition) is 6. The van der Waals surface area contributed by atoms with Crippen LogP contribution in [0.25, 0.3) is 10.2 Å². The van der Waals surface area contributed by atoms with E-state index in [2.05, 4.69) is 36.7 Å². The fraction of sp³-hybridized carbons (Fsp3) is 0.333. The van der Waals surface area contributed by atoms with E-state index in [4.69, 9.17) is 4.74 Å². The van der Waals surface area contributed by atoms with E-state index < -0.39 is 0 Å². The number of nitrogens with one attached hydrogen (secondary N) is 2. The average molecular weight is 419 g/mol. The van der Waals surface area contributed by atoms with Gasteiger partial charge in [-0.15, -0.1) is 0 Å². The van der Waals surface area contributed by atoms with Crippen molar-refractivity contribution < 1.29 is 4.74 Å². The standard InChI is InChI=1S/C18H19BrN4OS/c19-14-11-20-9-8-16(14)24-13-6-7-15-17(10-13)25-18(21-15)23-22-12-4-2-1-3-5-12/h6-12,22H,1-5H2,(H,21,23). The molecule has 0 aliphatic heterocycles. The molecule has 0 spiro atoms. The van der Waals surface area contributed by atoms with Gasteiger partial charge in [0.15, 0.2) is 5.13 Å². The fourth-order valence-electron chi connectivity index (χ4n) is 3.00. The minimum Gasteiger partial charge on any atom is -0.456 e. The third-order valence-corrected chi connectivity index (χ3v) is 5.84. The Hall–Kier alpha value is -1.70. The van der Waals surface area contributed by atoms with E-state index in [-0.39, 0.29) is 0 Å². The summed E-state index contributed by atoms with van der Waals surface area (Å²) in [6.07, 6.45) is 9.88. The van der Waals surface area contributed by atoms with Gasteiger partial charge in [0.25, 0.3) is 0 Å². The molecule has 4 rings (SSSR count). The zero-order chi connectivity index (χ0) is 17.1. The Balaban J connectivity index is 1.46. The van der Waals surface area contributed by atoms with Crippen molar-refractivity contribution >= 4 is 42.6 Å². The number of pyridine rings is 1. The lowest BCUT2D eigenvalue weighted by Gasteiger charge is -2.22. The summed E-state index contributed by atoms with van der Waals surface area (Å²) in [5, 5.41) is 0.891. The first kappa shape index (κ1) is 16.8. The highest BCUT2D eigenvalue weighted by Crippen LogP contribution is 2.33. The number of hydrogen-bond donors (Lipinski definition) is 2. The maximum Gasteiger partial charge on any atom is 0.198 e. The number of thiazole rings is 1. The maximum atomic E-state index is 5.94. The molecule has 0 bridgehead atoms. The average Bonchev–Trinajstić information content (AvgIpc) is 3.05. The summed E-state index contributed by atoms with van der Waals surface area (Å²) < 4.78 is 7.86. The molecule has 2 aromatic heterocycles. The van der Waals surface area contributed by atoms with Crippen molar-refractivity contribution in [3.8, 4) is 11.5 Å². The van der Waals surface area contributed by atoms with Crippen molar-refractivity contribution in [2.75, 3.05) is 5.43 Å². The highest BCUT2D eigenvalue weighted by Gasteiger charge is 2.13. The summed E-state index contributed by atoms with van der Waals surface area (Å²) in [7, 11) is 0.